The van der Waals surface area contributed by atoms with Gasteiger partial charge in [-0.25, -0.2) is 8.78 Å². The smallest absolute Gasteiger partial charge is 0.225 e. The van der Waals surface area contributed by atoms with Crippen molar-refractivity contribution in [3.05, 3.63) is 35.4 Å². The highest BCUT2D eigenvalue weighted by atomic mass is 32.1. The van der Waals surface area contributed by atoms with Crippen molar-refractivity contribution in [1.82, 2.24) is 5.32 Å². The van der Waals surface area contributed by atoms with Crippen molar-refractivity contribution >= 4 is 23.1 Å². The van der Waals surface area contributed by atoms with E-state index in [1.807, 2.05) is 6.92 Å². The number of nitrogens with two attached hydrogens (primary N) is 1. The molecule has 19 heavy (non-hydrogen) atoms. The Hall–Kier alpha value is -1.56. The van der Waals surface area contributed by atoms with Gasteiger partial charge in [0.25, 0.3) is 0 Å². The van der Waals surface area contributed by atoms with Gasteiger partial charge in [0.1, 0.15) is 11.6 Å². The van der Waals surface area contributed by atoms with Crippen LogP contribution < -0.4 is 11.1 Å². The zero-order valence-corrected chi connectivity index (χ0v) is 11.6. The van der Waals surface area contributed by atoms with Crippen LogP contribution >= 0.6 is 12.2 Å². The fraction of sp³-hybridized carbons (Fsp3) is 0.385. The Kier molecular flexibility index (Phi) is 4.94. The molecule has 0 aliphatic rings. The number of carbonyl (C=O) groups is 1. The lowest BCUT2D eigenvalue weighted by atomic mass is 9.98. The van der Waals surface area contributed by atoms with E-state index in [4.69, 9.17) is 18.0 Å². The highest BCUT2D eigenvalue weighted by molar-refractivity contribution is 7.80. The van der Waals surface area contributed by atoms with Gasteiger partial charge in [-0.1, -0.05) is 25.2 Å². The zero-order chi connectivity index (χ0) is 14.6. The summed E-state index contributed by atoms with van der Waals surface area (Å²) in [7, 11) is 0. The molecule has 0 spiro atoms. The van der Waals surface area contributed by atoms with Gasteiger partial charge in [0.2, 0.25) is 5.91 Å². The number of amides is 1. The van der Waals surface area contributed by atoms with Gasteiger partial charge in [-0.2, -0.15) is 0 Å². The molecule has 0 radical (unpaired) electrons. The Labute approximate surface area is 116 Å². The van der Waals surface area contributed by atoms with Gasteiger partial charge in [0.15, 0.2) is 0 Å². The molecule has 104 valence electrons. The maximum atomic E-state index is 13.4. The second kappa shape index (κ2) is 6.06. The first-order chi connectivity index (χ1) is 8.80. The molecular weight excluding hydrogens is 270 g/mol. The van der Waals surface area contributed by atoms with Gasteiger partial charge in [0, 0.05) is 5.56 Å². The SMILES string of the molecule is CCC(C)(NC(=O)Cc1c(F)cccc1F)C(N)=S. The molecule has 1 unspecified atom stereocenters. The fourth-order valence-corrected chi connectivity index (χ4v) is 1.73. The average Bonchev–Trinajstić information content (AvgIpc) is 2.33. The van der Waals surface area contributed by atoms with E-state index in [0.717, 1.165) is 12.1 Å². The molecule has 1 aromatic rings. The molecule has 6 heteroatoms. The molecule has 3 nitrogen and oxygen atoms in total. The summed E-state index contributed by atoms with van der Waals surface area (Å²) in [5.74, 6) is -2.02. The molecule has 0 fully saturated rings. The molecule has 0 bridgehead atoms. The zero-order valence-electron chi connectivity index (χ0n) is 10.8. The van der Waals surface area contributed by atoms with Gasteiger partial charge in [-0.05, 0) is 25.5 Å². The summed E-state index contributed by atoms with van der Waals surface area (Å²) < 4.78 is 26.8. The number of nitrogens with one attached hydrogen (secondary N) is 1. The molecule has 0 heterocycles. The molecule has 1 rings (SSSR count). The topological polar surface area (TPSA) is 55.1 Å². The number of halogens is 2. The number of hydrogen-bond acceptors (Lipinski definition) is 2. The molecule has 0 saturated heterocycles. The number of thiocarbonyl (C=S) groups is 1. The van der Waals surface area contributed by atoms with Crippen molar-refractivity contribution in [2.75, 3.05) is 0 Å². The van der Waals surface area contributed by atoms with Crippen molar-refractivity contribution in [3.63, 3.8) is 0 Å². The Morgan fingerprint density at radius 3 is 2.37 bits per heavy atom. The fourth-order valence-electron chi connectivity index (χ4n) is 1.54. The summed E-state index contributed by atoms with van der Waals surface area (Å²) >= 11 is 4.88. The van der Waals surface area contributed by atoms with Crippen LogP contribution in [0.3, 0.4) is 0 Å². The maximum absolute atomic E-state index is 13.4. The molecule has 3 N–H and O–H groups in total. The first-order valence-electron chi connectivity index (χ1n) is 5.84. The summed E-state index contributed by atoms with van der Waals surface area (Å²) in [6.45, 7) is 3.48. The lowest BCUT2D eigenvalue weighted by Crippen LogP contribution is -2.54. The Morgan fingerprint density at radius 1 is 1.42 bits per heavy atom. The average molecular weight is 286 g/mol. The second-order valence-corrected chi connectivity index (χ2v) is 4.91. The van der Waals surface area contributed by atoms with Crippen molar-refractivity contribution in [1.29, 1.82) is 0 Å². The minimum atomic E-state index is -0.853. The van der Waals surface area contributed by atoms with Crippen LogP contribution in [0.15, 0.2) is 18.2 Å². The predicted octanol–water partition coefficient (Wildman–Crippen LogP) is 2.08. The Bertz CT molecular complexity index is 487. The lowest BCUT2D eigenvalue weighted by molar-refractivity contribution is -0.121. The van der Waals surface area contributed by atoms with Crippen molar-refractivity contribution in [3.8, 4) is 0 Å². The van der Waals surface area contributed by atoms with Crippen LogP contribution in [0.2, 0.25) is 0 Å². The van der Waals surface area contributed by atoms with Crippen LogP contribution in [-0.4, -0.2) is 16.4 Å². The summed E-state index contributed by atoms with van der Waals surface area (Å²) in [5, 5.41) is 2.61. The van der Waals surface area contributed by atoms with Crippen molar-refractivity contribution in [2.24, 2.45) is 5.73 Å². The third-order valence-corrected chi connectivity index (χ3v) is 3.52. The van der Waals surface area contributed by atoms with Crippen LogP contribution in [0, 0.1) is 11.6 Å². The molecule has 0 aromatic heterocycles. The summed E-state index contributed by atoms with van der Waals surface area (Å²) in [6, 6.07) is 3.47. The Morgan fingerprint density at radius 2 is 1.95 bits per heavy atom. The minimum absolute atomic E-state index is 0.136. The maximum Gasteiger partial charge on any atom is 0.225 e. The molecule has 1 amide bonds. The number of rotatable bonds is 5. The van der Waals surface area contributed by atoms with E-state index in [1.165, 1.54) is 6.07 Å². The van der Waals surface area contributed by atoms with Crippen molar-refractivity contribution in [2.45, 2.75) is 32.2 Å². The molecule has 0 aliphatic carbocycles. The van der Waals surface area contributed by atoms with Crippen molar-refractivity contribution < 1.29 is 13.6 Å². The second-order valence-electron chi connectivity index (χ2n) is 4.48. The van der Waals surface area contributed by atoms with E-state index in [2.05, 4.69) is 5.32 Å². The largest absolute Gasteiger partial charge is 0.391 e. The monoisotopic (exact) mass is 286 g/mol. The molecule has 0 aliphatic heterocycles. The predicted molar refractivity (Wildman–Crippen MR) is 73.7 cm³/mol. The van der Waals surface area contributed by atoms with E-state index in [1.54, 1.807) is 6.92 Å². The van der Waals surface area contributed by atoms with Gasteiger partial charge in [0.05, 0.1) is 16.9 Å². The summed E-state index contributed by atoms with van der Waals surface area (Å²) in [5.41, 5.74) is 4.44. The molecular formula is C13H16F2N2OS. The van der Waals surface area contributed by atoms with Gasteiger partial charge in [-0.15, -0.1) is 0 Å². The van der Waals surface area contributed by atoms with E-state index < -0.39 is 29.5 Å². The first kappa shape index (κ1) is 15.5. The first-order valence-corrected chi connectivity index (χ1v) is 6.24. The third-order valence-electron chi connectivity index (χ3n) is 3.07. The number of benzene rings is 1. The molecule has 1 aromatic carbocycles. The van der Waals surface area contributed by atoms with E-state index in [-0.39, 0.29) is 10.6 Å². The Balaban J connectivity index is 2.84. The van der Waals surface area contributed by atoms with Gasteiger partial charge >= 0.3 is 0 Å². The summed E-state index contributed by atoms with van der Waals surface area (Å²) in [6.07, 6.45) is 0.102. The number of carbonyl (C=O) groups excluding carboxylic acids is 1. The van der Waals surface area contributed by atoms with Gasteiger partial charge in [-0.3, -0.25) is 4.79 Å². The van der Waals surface area contributed by atoms with E-state index in [9.17, 15) is 13.6 Å². The van der Waals surface area contributed by atoms with Crippen LogP contribution in [0.1, 0.15) is 25.8 Å². The third kappa shape index (κ3) is 3.70. The summed E-state index contributed by atoms with van der Waals surface area (Å²) in [4.78, 5) is 12.0. The van der Waals surface area contributed by atoms with Gasteiger partial charge < -0.3 is 11.1 Å². The van der Waals surface area contributed by atoms with Crippen LogP contribution in [0.5, 0.6) is 0 Å². The lowest BCUT2D eigenvalue weighted by Gasteiger charge is -2.28. The molecule has 0 saturated carbocycles. The van der Waals surface area contributed by atoms with E-state index >= 15 is 0 Å². The van der Waals surface area contributed by atoms with Crippen LogP contribution in [0.4, 0.5) is 8.78 Å². The quantitative estimate of drug-likeness (QED) is 0.815. The highest BCUT2D eigenvalue weighted by Crippen LogP contribution is 2.14. The number of hydrogen-bond donors (Lipinski definition) is 2. The standard InChI is InChI=1S/C13H16F2N2OS/c1-3-13(2,12(16)19)17-11(18)7-8-9(14)5-4-6-10(8)15/h4-6H,3,7H2,1-2H3,(H2,16,19)(H,17,18). The highest BCUT2D eigenvalue weighted by Gasteiger charge is 2.28. The molecule has 1 atom stereocenters. The van der Waals surface area contributed by atoms with E-state index in [0.29, 0.717) is 6.42 Å². The van der Waals surface area contributed by atoms with Crippen LogP contribution in [-0.2, 0) is 11.2 Å². The minimum Gasteiger partial charge on any atom is -0.391 e. The van der Waals surface area contributed by atoms with Crippen LogP contribution in [0.25, 0.3) is 0 Å². The normalized spacial score (nSPS) is 13.7.